The van der Waals surface area contributed by atoms with Gasteiger partial charge in [0.1, 0.15) is 0 Å². The maximum absolute atomic E-state index is 4.89. The third kappa shape index (κ3) is 4.39. The maximum atomic E-state index is 4.89. The van der Waals surface area contributed by atoms with Gasteiger partial charge in [0.15, 0.2) is 0 Å². The van der Waals surface area contributed by atoms with Crippen molar-refractivity contribution in [2.75, 3.05) is 0 Å². The van der Waals surface area contributed by atoms with Gasteiger partial charge in [-0.3, -0.25) is 4.98 Å². The molecular weight excluding hydrogens is 342 g/mol. The Hall–Kier alpha value is -2.19. The topological polar surface area (TPSA) is 12.9 Å². The van der Waals surface area contributed by atoms with Crippen LogP contribution in [0.5, 0.6) is 0 Å². The van der Waals surface area contributed by atoms with Gasteiger partial charge in [-0.25, -0.2) is 0 Å². The molecule has 0 spiro atoms. The molecule has 3 rings (SSSR count). The highest BCUT2D eigenvalue weighted by Gasteiger charge is 2.25. The molecule has 0 N–H and O–H groups in total. The monoisotopic (exact) mass is 373 g/mol. The summed E-state index contributed by atoms with van der Waals surface area (Å²) in [5, 5.41) is 1.49. The van der Waals surface area contributed by atoms with Crippen LogP contribution in [0.25, 0.3) is 22.4 Å². The average Bonchev–Trinajstić information content (AvgIpc) is 2.67. The quantitative estimate of drug-likeness (QED) is 0.452. The van der Waals surface area contributed by atoms with Crippen LogP contribution < -0.4 is 5.19 Å². The molecule has 1 nitrogen and oxygen atoms in total. The lowest BCUT2D eigenvalue weighted by Crippen LogP contribution is -2.41. The van der Waals surface area contributed by atoms with E-state index in [1.807, 2.05) is 0 Å². The fraction of sp³-hybridized carbons (Fsp3) is 0.320. The van der Waals surface area contributed by atoms with E-state index in [1.54, 1.807) is 0 Å². The molecule has 1 aromatic heterocycles. The molecular formula is C25H31NSi. The summed E-state index contributed by atoms with van der Waals surface area (Å²) in [5.41, 5.74) is 6.24. The van der Waals surface area contributed by atoms with Crippen LogP contribution in [0.15, 0.2) is 66.9 Å². The minimum atomic E-state index is -1.44. The number of hydrogen-bond donors (Lipinski definition) is 0. The van der Waals surface area contributed by atoms with Crippen LogP contribution in [0, 0.1) is 5.92 Å². The molecule has 0 amide bonds. The Labute approximate surface area is 165 Å². The second-order valence-electron chi connectivity index (χ2n) is 8.89. The Morgan fingerprint density at radius 3 is 2.00 bits per heavy atom. The van der Waals surface area contributed by atoms with Crippen LogP contribution in [0.4, 0.5) is 0 Å². The minimum absolute atomic E-state index is 0.533. The van der Waals surface area contributed by atoms with Crippen molar-refractivity contribution in [2.45, 2.75) is 46.3 Å². The number of benzene rings is 2. The minimum Gasteiger partial charge on any atom is -0.256 e. The molecule has 3 aromatic rings. The van der Waals surface area contributed by atoms with Gasteiger partial charge in [-0.2, -0.15) is 0 Å². The van der Waals surface area contributed by atoms with Crippen LogP contribution in [-0.2, 0) is 0 Å². The van der Waals surface area contributed by atoms with Gasteiger partial charge in [-0.05, 0) is 45.8 Å². The van der Waals surface area contributed by atoms with E-state index >= 15 is 0 Å². The summed E-state index contributed by atoms with van der Waals surface area (Å²) in [6.45, 7) is 14.2. The van der Waals surface area contributed by atoms with Crippen LogP contribution in [0.1, 0.15) is 32.3 Å². The number of pyridine rings is 1. The van der Waals surface area contributed by atoms with Crippen molar-refractivity contribution < 1.29 is 0 Å². The van der Waals surface area contributed by atoms with E-state index in [9.17, 15) is 0 Å². The van der Waals surface area contributed by atoms with Gasteiger partial charge in [0.25, 0.3) is 0 Å². The van der Waals surface area contributed by atoms with Crippen molar-refractivity contribution in [1.29, 1.82) is 0 Å². The van der Waals surface area contributed by atoms with E-state index in [-0.39, 0.29) is 0 Å². The molecule has 0 radical (unpaired) electrons. The second kappa shape index (κ2) is 7.81. The first-order valence-corrected chi connectivity index (χ1v) is 13.4. The van der Waals surface area contributed by atoms with E-state index in [0.717, 1.165) is 5.69 Å². The predicted octanol–water partition coefficient (Wildman–Crippen LogP) is 6.72. The molecule has 1 heterocycles. The Morgan fingerprint density at radius 2 is 1.37 bits per heavy atom. The smallest absolute Gasteiger partial charge is 0.0799 e. The SMILES string of the molecule is CC(C)C(C)c1cc(-c2cccc(-c3ccccc3)c2)ncc1[Si](C)(C)C. The first-order valence-electron chi connectivity index (χ1n) is 9.93. The lowest BCUT2D eigenvalue weighted by molar-refractivity contribution is 0.537. The highest BCUT2D eigenvalue weighted by molar-refractivity contribution is 6.89. The Kier molecular flexibility index (Phi) is 5.66. The van der Waals surface area contributed by atoms with Crippen molar-refractivity contribution >= 4 is 13.3 Å². The molecule has 1 atom stereocenters. The number of nitrogens with zero attached hydrogens (tertiary/aromatic N) is 1. The fourth-order valence-corrected chi connectivity index (χ4v) is 5.10. The molecule has 0 fully saturated rings. The summed E-state index contributed by atoms with van der Waals surface area (Å²) in [4.78, 5) is 4.89. The Balaban J connectivity index is 2.09. The van der Waals surface area contributed by atoms with Crippen LogP contribution in [0.3, 0.4) is 0 Å². The largest absolute Gasteiger partial charge is 0.256 e. The summed E-state index contributed by atoms with van der Waals surface area (Å²) in [7, 11) is -1.44. The van der Waals surface area contributed by atoms with E-state index in [2.05, 4.69) is 107 Å². The molecule has 0 bridgehead atoms. The zero-order chi connectivity index (χ0) is 19.6. The first kappa shape index (κ1) is 19.6. The molecule has 140 valence electrons. The van der Waals surface area contributed by atoms with E-state index in [0.29, 0.717) is 11.8 Å². The van der Waals surface area contributed by atoms with Crippen molar-refractivity contribution in [1.82, 2.24) is 4.98 Å². The van der Waals surface area contributed by atoms with E-state index in [4.69, 9.17) is 4.98 Å². The highest BCUT2D eigenvalue weighted by Crippen LogP contribution is 2.29. The summed E-state index contributed by atoms with van der Waals surface area (Å²) in [6, 6.07) is 21.6. The third-order valence-corrected chi connectivity index (χ3v) is 7.53. The van der Waals surface area contributed by atoms with Gasteiger partial charge in [0.05, 0.1) is 13.8 Å². The zero-order valence-electron chi connectivity index (χ0n) is 17.5. The standard InChI is InChI=1S/C25H31NSi/c1-18(2)19(3)23-16-24(26-17-25(23)27(4,5)6)22-14-10-13-21(15-22)20-11-8-7-9-12-20/h7-19H,1-6H3. The van der Waals surface area contributed by atoms with Gasteiger partial charge in [-0.1, -0.05) is 88.9 Å². The van der Waals surface area contributed by atoms with Gasteiger partial charge in [-0.15, -0.1) is 0 Å². The van der Waals surface area contributed by atoms with Crippen LogP contribution in [-0.4, -0.2) is 13.1 Å². The second-order valence-corrected chi connectivity index (χ2v) is 13.9. The van der Waals surface area contributed by atoms with E-state index in [1.165, 1.54) is 27.4 Å². The van der Waals surface area contributed by atoms with Gasteiger partial charge >= 0.3 is 0 Å². The molecule has 0 aliphatic rings. The summed E-state index contributed by atoms with van der Waals surface area (Å²) >= 11 is 0. The molecule has 2 heteroatoms. The number of rotatable bonds is 5. The highest BCUT2D eigenvalue weighted by atomic mass is 28.3. The molecule has 0 saturated heterocycles. The third-order valence-electron chi connectivity index (χ3n) is 5.50. The Bertz CT molecular complexity index is 907. The fourth-order valence-electron chi connectivity index (χ4n) is 3.48. The predicted molar refractivity (Wildman–Crippen MR) is 121 cm³/mol. The Morgan fingerprint density at radius 1 is 0.741 bits per heavy atom. The molecule has 0 aliphatic heterocycles. The summed E-state index contributed by atoms with van der Waals surface area (Å²) in [6.07, 6.45) is 2.16. The summed E-state index contributed by atoms with van der Waals surface area (Å²) < 4.78 is 0. The molecule has 0 saturated carbocycles. The zero-order valence-corrected chi connectivity index (χ0v) is 18.5. The van der Waals surface area contributed by atoms with Gasteiger partial charge in [0.2, 0.25) is 0 Å². The lowest BCUT2D eigenvalue weighted by atomic mass is 9.89. The van der Waals surface area contributed by atoms with Gasteiger partial charge < -0.3 is 0 Å². The first-order chi connectivity index (χ1) is 12.8. The molecule has 2 aromatic carbocycles. The van der Waals surface area contributed by atoms with Crippen molar-refractivity contribution in [3.8, 4) is 22.4 Å². The molecule has 1 unspecified atom stereocenters. The number of hydrogen-bond acceptors (Lipinski definition) is 1. The van der Waals surface area contributed by atoms with Crippen molar-refractivity contribution in [3.63, 3.8) is 0 Å². The van der Waals surface area contributed by atoms with E-state index < -0.39 is 8.07 Å². The number of aromatic nitrogens is 1. The van der Waals surface area contributed by atoms with Gasteiger partial charge in [0, 0.05) is 11.8 Å². The summed E-state index contributed by atoms with van der Waals surface area (Å²) in [5.74, 6) is 1.15. The molecule has 27 heavy (non-hydrogen) atoms. The lowest BCUT2D eigenvalue weighted by Gasteiger charge is -2.26. The average molecular weight is 374 g/mol. The maximum Gasteiger partial charge on any atom is 0.0799 e. The van der Waals surface area contributed by atoms with Crippen molar-refractivity contribution in [3.05, 3.63) is 72.4 Å². The van der Waals surface area contributed by atoms with Crippen LogP contribution >= 0.6 is 0 Å². The normalized spacial score (nSPS) is 13.0. The van der Waals surface area contributed by atoms with Crippen LogP contribution in [0.2, 0.25) is 19.6 Å². The molecule has 0 aliphatic carbocycles. The van der Waals surface area contributed by atoms with Crippen molar-refractivity contribution in [2.24, 2.45) is 5.92 Å².